The smallest absolute Gasteiger partial charge is 0.325 e. The number of carbonyl (C=O) groups is 2. The molecule has 2 aromatic rings. The van der Waals surface area contributed by atoms with E-state index in [-0.39, 0.29) is 24.4 Å². The molecule has 8 nitrogen and oxygen atoms in total. The predicted molar refractivity (Wildman–Crippen MR) is 131 cm³/mol. The molecule has 3 aliphatic rings. The summed E-state index contributed by atoms with van der Waals surface area (Å²) < 4.78 is 17.0. The molecule has 3 heterocycles. The second kappa shape index (κ2) is 9.77. The van der Waals surface area contributed by atoms with Crippen LogP contribution in [-0.2, 0) is 11.3 Å². The molecule has 186 valence electrons. The quantitative estimate of drug-likeness (QED) is 0.613. The van der Waals surface area contributed by atoms with E-state index < -0.39 is 11.6 Å². The maximum Gasteiger partial charge on any atom is 0.325 e. The molecule has 0 spiro atoms. The largest absolute Gasteiger partial charge is 0.497 e. The second-order valence-electron chi connectivity index (χ2n) is 9.57. The number of carbonyl (C=O) groups excluding carboxylic acids is 2. The summed E-state index contributed by atoms with van der Waals surface area (Å²) in [6.07, 6.45) is 1.90. The van der Waals surface area contributed by atoms with Gasteiger partial charge in [-0.1, -0.05) is 31.2 Å². The van der Waals surface area contributed by atoms with Gasteiger partial charge in [0.2, 0.25) is 0 Å². The Morgan fingerprint density at radius 1 is 1.06 bits per heavy atom. The van der Waals surface area contributed by atoms with Gasteiger partial charge in [0.05, 0.1) is 13.7 Å². The lowest BCUT2D eigenvalue weighted by Crippen LogP contribution is -2.56. The van der Waals surface area contributed by atoms with E-state index in [9.17, 15) is 9.59 Å². The van der Waals surface area contributed by atoms with E-state index >= 15 is 0 Å². The monoisotopic (exact) mass is 479 g/mol. The van der Waals surface area contributed by atoms with Gasteiger partial charge in [0.1, 0.15) is 17.9 Å². The van der Waals surface area contributed by atoms with E-state index in [4.69, 9.17) is 14.2 Å². The van der Waals surface area contributed by atoms with Crippen molar-refractivity contribution in [3.63, 3.8) is 0 Å². The van der Waals surface area contributed by atoms with E-state index in [1.807, 2.05) is 43.3 Å². The third kappa shape index (κ3) is 4.55. The number of rotatable bonds is 7. The standard InChI is InChI=1S/C27H33N3O5/c1-3-27(20-12-14-29(15-13-20)16-19-8-10-21(33-2)11-9-19)25(31)30(26(32)28-27)17-22-18-34-23-6-4-5-7-24(23)35-22/h4-11,20,22H,3,12-18H2,1-2H3,(H,28,32). The summed E-state index contributed by atoms with van der Waals surface area (Å²) in [5, 5.41) is 3.08. The third-order valence-electron chi connectivity index (χ3n) is 7.56. The van der Waals surface area contributed by atoms with Gasteiger partial charge in [-0.05, 0) is 68.1 Å². The molecule has 2 unspecified atom stereocenters. The molecule has 0 radical (unpaired) electrons. The van der Waals surface area contributed by atoms with Crippen LogP contribution in [0.2, 0.25) is 0 Å². The fourth-order valence-electron chi connectivity index (χ4n) is 5.55. The van der Waals surface area contributed by atoms with Crippen molar-refractivity contribution in [1.82, 2.24) is 15.1 Å². The van der Waals surface area contributed by atoms with Gasteiger partial charge in [0.25, 0.3) is 5.91 Å². The molecule has 8 heteroatoms. The number of amides is 3. The van der Waals surface area contributed by atoms with Crippen LogP contribution in [0.1, 0.15) is 31.7 Å². The molecular formula is C27H33N3O5. The number of ether oxygens (including phenoxy) is 3. The minimum Gasteiger partial charge on any atom is -0.497 e. The molecule has 35 heavy (non-hydrogen) atoms. The summed E-state index contributed by atoms with van der Waals surface area (Å²) in [5.74, 6) is 2.14. The van der Waals surface area contributed by atoms with Crippen molar-refractivity contribution >= 4 is 11.9 Å². The van der Waals surface area contributed by atoms with Crippen LogP contribution in [0.3, 0.4) is 0 Å². The lowest BCUT2D eigenvalue weighted by atomic mass is 9.75. The number of benzene rings is 2. The normalized spacial score (nSPS) is 25.0. The number of imide groups is 1. The molecule has 3 aliphatic heterocycles. The molecular weight excluding hydrogens is 446 g/mol. The van der Waals surface area contributed by atoms with E-state index in [0.717, 1.165) is 38.2 Å². The molecule has 0 aromatic heterocycles. The van der Waals surface area contributed by atoms with Crippen molar-refractivity contribution in [2.24, 2.45) is 5.92 Å². The molecule has 0 bridgehead atoms. The molecule has 2 fully saturated rings. The fraction of sp³-hybridized carbons (Fsp3) is 0.481. The summed E-state index contributed by atoms with van der Waals surface area (Å²) in [6.45, 7) is 5.11. The molecule has 2 saturated heterocycles. The molecule has 2 aromatic carbocycles. The minimum absolute atomic E-state index is 0.102. The van der Waals surface area contributed by atoms with Crippen LogP contribution in [-0.4, -0.2) is 66.7 Å². The average molecular weight is 480 g/mol. The average Bonchev–Trinajstić information content (AvgIpc) is 3.14. The van der Waals surface area contributed by atoms with Crippen molar-refractivity contribution in [3.8, 4) is 17.2 Å². The zero-order valence-corrected chi connectivity index (χ0v) is 20.4. The predicted octanol–water partition coefficient (Wildman–Crippen LogP) is 3.45. The first-order valence-electron chi connectivity index (χ1n) is 12.4. The highest BCUT2D eigenvalue weighted by Crippen LogP contribution is 2.37. The van der Waals surface area contributed by atoms with Crippen LogP contribution >= 0.6 is 0 Å². The van der Waals surface area contributed by atoms with Gasteiger partial charge >= 0.3 is 6.03 Å². The summed E-state index contributed by atoms with van der Waals surface area (Å²) in [7, 11) is 1.67. The molecule has 2 atom stereocenters. The van der Waals surface area contributed by atoms with Crippen molar-refractivity contribution in [1.29, 1.82) is 0 Å². The van der Waals surface area contributed by atoms with E-state index in [0.29, 0.717) is 24.5 Å². The van der Waals surface area contributed by atoms with Crippen LogP contribution in [0.25, 0.3) is 0 Å². The van der Waals surface area contributed by atoms with Gasteiger partial charge in [-0.2, -0.15) is 0 Å². The number of fused-ring (bicyclic) bond motifs is 1. The number of hydrogen-bond donors (Lipinski definition) is 1. The first-order chi connectivity index (χ1) is 17.0. The third-order valence-corrected chi connectivity index (χ3v) is 7.56. The Hall–Kier alpha value is -3.26. The Bertz CT molecular complexity index is 1070. The second-order valence-corrected chi connectivity index (χ2v) is 9.57. The minimum atomic E-state index is -0.850. The molecule has 5 rings (SSSR count). The number of urea groups is 1. The van der Waals surface area contributed by atoms with E-state index in [1.54, 1.807) is 7.11 Å². The molecule has 3 amide bonds. The lowest BCUT2D eigenvalue weighted by Gasteiger charge is -2.40. The summed E-state index contributed by atoms with van der Waals surface area (Å²) in [6, 6.07) is 15.3. The van der Waals surface area contributed by atoms with Gasteiger partial charge in [-0.15, -0.1) is 0 Å². The van der Waals surface area contributed by atoms with Gasteiger partial charge in [-0.3, -0.25) is 14.6 Å². The number of nitrogens with one attached hydrogen (secondary N) is 1. The lowest BCUT2D eigenvalue weighted by molar-refractivity contribution is -0.135. The molecule has 0 aliphatic carbocycles. The highest BCUT2D eigenvalue weighted by molar-refractivity contribution is 6.07. The number of nitrogens with zero attached hydrogens (tertiary/aromatic N) is 2. The van der Waals surface area contributed by atoms with Crippen molar-refractivity contribution in [2.75, 3.05) is 33.4 Å². The number of hydrogen-bond acceptors (Lipinski definition) is 6. The maximum atomic E-state index is 13.6. The van der Waals surface area contributed by atoms with Crippen LogP contribution in [0, 0.1) is 5.92 Å². The maximum absolute atomic E-state index is 13.6. The Morgan fingerprint density at radius 2 is 1.77 bits per heavy atom. The fourth-order valence-corrected chi connectivity index (χ4v) is 5.55. The number of likely N-dealkylation sites (tertiary alicyclic amines) is 1. The van der Waals surface area contributed by atoms with Crippen LogP contribution in [0.15, 0.2) is 48.5 Å². The number of methoxy groups -OCH3 is 1. The first-order valence-corrected chi connectivity index (χ1v) is 12.4. The Balaban J connectivity index is 1.21. The first kappa shape index (κ1) is 23.5. The Morgan fingerprint density at radius 3 is 2.46 bits per heavy atom. The molecule has 1 N–H and O–H groups in total. The van der Waals surface area contributed by atoms with Gasteiger partial charge < -0.3 is 19.5 Å². The zero-order chi connectivity index (χ0) is 24.4. The van der Waals surface area contributed by atoms with Crippen LogP contribution in [0.4, 0.5) is 4.79 Å². The zero-order valence-electron chi connectivity index (χ0n) is 20.4. The van der Waals surface area contributed by atoms with Crippen molar-refractivity contribution in [3.05, 3.63) is 54.1 Å². The number of para-hydroxylation sites is 2. The highest BCUT2D eigenvalue weighted by atomic mass is 16.6. The van der Waals surface area contributed by atoms with Gasteiger partial charge in [-0.25, -0.2) is 4.79 Å². The van der Waals surface area contributed by atoms with Crippen molar-refractivity contribution < 1.29 is 23.8 Å². The summed E-state index contributed by atoms with van der Waals surface area (Å²) >= 11 is 0. The van der Waals surface area contributed by atoms with Gasteiger partial charge in [0, 0.05) is 6.54 Å². The van der Waals surface area contributed by atoms with E-state index in [1.165, 1.54) is 10.5 Å². The highest BCUT2D eigenvalue weighted by Gasteiger charge is 2.55. The van der Waals surface area contributed by atoms with Crippen LogP contribution < -0.4 is 19.5 Å². The Kier molecular flexibility index (Phi) is 6.56. The topological polar surface area (TPSA) is 80.3 Å². The summed E-state index contributed by atoms with van der Waals surface area (Å²) in [5.41, 5.74) is 0.388. The Labute approximate surface area is 206 Å². The molecule has 0 saturated carbocycles. The SMILES string of the molecule is CCC1(C2CCN(Cc3ccc(OC)cc3)CC2)NC(=O)N(CC2COc3ccccc3O2)C1=O. The summed E-state index contributed by atoms with van der Waals surface area (Å²) in [4.78, 5) is 30.3. The number of piperidine rings is 1. The van der Waals surface area contributed by atoms with E-state index in [2.05, 4.69) is 22.3 Å². The van der Waals surface area contributed by atoms with Crippen LogP contribution in [0.5, 0.6) is 17.2 Å². The van der Waals surface area contributed by atoms with Gasteiger partial charge in [0.15, 0.2) is 17.6 Å². The van der Waals surface area contributed by atoms with Crippen molar-refractivity contribution in [2.45, 2.75) is 44.4 Å².